The van der Waals surface area contributed by atoms with Crippen LogP contribution in [0.1, 0.15) is 24.0 Å². The Hall–Kier alpha value is -3.57. The first-order valence-corrected chi connectivity index (χ1v) is 10.6. The summed E-state index contributed by atoms with van der Waals surface area (Å²) >= 11 is 6.22. The van der Waals surface area contributed by atoms with Crippen LogP contribution in [0, 0.1) is 17.2 Å². The number of nitrogens with zero attached hydrogens (tertiary/aromatic N) is 4. The molecule has 164 valence electrons. The van der Waals surface area contributed by atoms with E-state index in [4.69, 9.17) is 16.3 Å². The number of hydrogen-bond acceptors (Lipinski definition) is 7. The number of benzene rings is 2. The third-order valence-electron chi connectivity index (χ3n) is 5.71. The van der Waals surface area contributed by atoms with Gasteiger partial charge in [-0.05, 0) is 48.7 Å². The smallest absolute Gasteiger partial charge is 0.306 e. The van der Waals surface area contributed by atoms with Crippen LogP contribution >= 0.6 is 11.6 Å². The van der Waals surface area contributed by atoms with Crippen molar-refractivity contribution in [2.45, 2.75) is 19.4 Å². The Morgan fingerprint density at radius 2 is 2.03 bits per heavy atom. The highest BCUT2D eigenvalue weighted by Crippen LogP contribution is 2.32. The van der Waals surface area contributed by atoms with Crippen LogP contribution in [0.5, 0.6) is 5.75 Å². The molecule has 0 atom stereocenters. The van der Waals surface area contributed by atoms with Crippen molar-refractivity contribution in [3.05, 3.63) is 52.5 Å². The zero-order valence-electron chi connectivity index (χ0n) is 17.5. The Labute approximate surface area is 190 Å². The van der Waals surface area contributed by atoms with E-state index in [0.717, 1.165) is 16.3 Å². The number of carbonyl (C=O) groups is 1. The molecule has 0 aliphatic carbocycles. The molecule has 0 bridgehead atoms. The number of methoxy groups -OCH3 is 1. The summed E-state index contributed by atoms with van der Waals surface area (Å²) in [6, 6.07) is 13.1. The quantitative estimate of drug-likeness (QED) is 0.576. The highest BCUT2D eigenvalue weighted by atomic mass is 35.5. The van der Waals surface area contributed by atoms with Crippen LogP contribution in [0.3, 0.4) is 0 Å². The van der Waals surface area contributed by atoms with Gasteiger partial charge in [-0.2, -0.15) is 5.26 Å². The molecule has 1 aliphatic rings. The predicted octanol–water partition coefficient (Wildman–Crippen LogP) is 4.08. The fourth-order valence-corrected chi connectivity index (χ4v) is 4.20. The van der Waals surface area contributed by atoms with Gasteiger partial charge in [-0.15, -0.1) is 10.2 Å². The largest absolute Gasteiger partial charge is 0.495 e. The zero-order chi connectivity index (χ0) is 22.7. The van der Waals surface area contributed by atoms with Crippen LogP contribution in [0.4, 0.5) is 11.6 Å². The maximum Gasteiger partial charge on any atom is 0.306 e. The number of ether oxygens (including phenoxy) is 1. The van der Waals surface area contributed by atoms with Gasteiger partial charge >= 0.3 is 5.97 Å². The molecule has 0 saturated carbocycles. The normalized spacial score (nSPS) is 14.2. The van der Waals surface area contributed by atoms with E-state index in [1.807, 2.05) is 18.2 Å². The van der Waals surface area contributed by atoms with Gasteiger partial charge in [-0.3, -0.25) is 4.79 Å². The van der Waals surface area contributed by atoms with E-state index in [1.165, 1.54) is 0 Å². The first-order chi connectivity index (χ1) is 15.5. The maximum atomic E-state index is 11.3. The molecule has 1 saturated heterocycles. The summed E-state index contributed by atoms with van der Waals surface area (Å²) in [5.74, 6) is 0.792. The number of halogens is 1. The van der Waals surface area contributed by atoms with Crippen molar-refractivity contribution in [2.75, 3.05) is 30.4 Å². The minimum atomic E-state index is -0.752. The van der Waals surface area contributed by atoms with Gasteiger partial charge in [-0.1, -0.05) is 17.7 Å². The van der Waals surface area contributed by atoms with Gasteiger partial charge in [0, 0.05) is 30.4 Å². The summed E-state index contributed by atoms with van der Waals surface area (Å²) in [7, 11) is 1.57. The van der Waals surface area contributed by atoms with Gasteiger partial charge in [0.25, 0.3) is 0 Å². The maximum absolute atomic E-state index is 11.3. The number of hydrogen-bond donors (Lipinski definition) is 2. The summed E-state index contributed by atoms with van der Waals surface area (Å²) in [5, 5.41) is 32.9. The molecule has 3 aromatic rings. The second-order valence-electron chi connectivity index (χ2n) is 7.67. The first kappa shape index (κ1) is 21.7. The lowest BCUT2D eigenvalue weighted by Gasteiger charge is -2.31. The molecule has 2 heterocycles. The van der Waals surface area contributed by atoms with Gasteiger partial charge in [0.15, 0.2) is 11.6 Å². The predicted molar refractivity (Wildman–Crippen MR) is 122 cm³/mol. The molecule has 32 heavy (non-hydrogen) atoms. The number of aromatic nitrogens is 2. The van der Waals surface area contributed by atoms with Crippen molar-refractivity contribution < 1.29 is 14.6 Å². The van der Waals surface area contributed by atoms with Crippen LogP contribution in [-0.4, -0.2) is 41.5 Å². The lowest BCUT2D eigenvalue weighted by atomic mass is 9.97. The molecule has 9 heteroatoms. The second kappa shape index (κ2) is 9.28. The van der Waals surface area contributed by atoms with E-state index in [1.54, 1.807) is 25.3 Å². The molecular formula is C23H22ClN5O3. The van der Waals surface area contributed by atoms with Crippen LogP contribution in [0.15, 0.2) is 36.4 Å². The molecule has 8 nitrogen and oxygen atoms in total. The Kier molecular flexibility index (Phi) is 6.28. The summed E-state index contributed by atoms with van der Waals surface area (Å²) < 4.78 is 5.19. The van der Waals surface area contributed by atoms with Crippen LogP contribution < -0.4 is 15.0 Å². The highest BCUT2D eigenvalue weighted by molar-refractivity contribution is 6.32. The fraction of sp³-hybridized carbons (Fsp3) is 0.304. The van der Waals surface area contributed by atoms with Crippen LogP contribution in [0.2, 0.25) is 5.02 Å². The van der Waals surface area contributed by atoms with Crippen LogP contribution in [0.25, 0.3) is 10.8 Å². The second-order valence-corrected chi connectivity index (χ2v) is 8.07. The Balaban J connectivity index is 1.62. The molecule has 1 fully saturated rings. The summed E-state index contributed by atoms with van der Waals surface area (Å²) in [6.45, 7) is 1.66. The molecule has 2 N–H and O–H groups in total. The molecule has 1 aromatic heterocycles. The van der Waals surface area contributed by atoms with Crippen LogP contribution in [-0.2, 0) is 11.3 Å². The molecular weight excluding hydrogens is 430 g/mol. The van der Waals surface area contributed by atoms with Gasteiger partial charge in [0.05, 0.1) is 29.7 Å². The molecule has 4 rings (SSSR count). The molecule has 0 amide bonds. The first-order valence-electron chi connectivity index (χ1n) is 10.2. The summed E-state index contributed by atoms with van der Waals surface area (Å²) in [4.78, 5) is 13.3. The molecule has 0 unspecified atom stereocenters. The van der Waals surface area contributed by atoms with E-state index in [-0.39, 0.29) is 5.92 Å². The number of carboxylic acids is 1. The standard InChI is InChI=1S/C23H22ClN5O3/c1-32-20-5-3-15(11-19(20)24)13-26-21-18-10-14(12-25)2-4-17(18)22(28-27-21)29-8-6-16(7-9-29)23(30)31/h2-5,10-11,16H,6-9,13H2,1H3,(H,26,27)(H,30,31). The third-order valence-corrected chi connectivity index (χ3v) is 6.00. The number of carboxylic acid groups (broad SMARTS) is 1. The minimum Gasteiger partial charge on any atom is -0.495 e. The topological polar surface area (TPSA) is 111 Å². The van der Waals surface area contributed by atoms with Crippen molar-refractivity contribution >= 4 is 40.0 Å². The van der Waals surface area contributed by atoms with Crippen molar-refractivity contribution in [2.24, 2.45) is 5.92 Å². The van der Waals surface area contributed by atoms with Gasteiger partial charge < -0.3 is 20.1 Å². The number of aliphatic carboxylic acids is 1. The summed E-state index contributed by atoms with van der Waals surface area (Å²) in [6.07, 6.45) is 1.13. The Morgan fingerprint density at radius 1 is 1.25 bits per heavy atom. The summed E-state index contributed by atoms with van der Waals surface area (Å²) in [5.41, 5.74) is 1.47. The number of nitrogens with one attached hydrogen (secondary N) is 1. The van der Waals surface area contributed by atoms with Crippen molar-refractivity contribution in [3.8, 4) is 11.8 Å². The average molecular weight is 452 g/mol. The van der Waals surface area contributed by atoms with Crippen molar-refractivity contribution in [3.63, 3.8) is 0 Å². The highest BCUT2D eigenvalue weighted by Gasteiger charge is 2.26. The van der Waals surface area contributed by atoms with E-state index >= 15 is 0 Å². The lowest BCUT2D eigenvalue weighted by molar-refractivity contribution is -0.142. The third kappa shape index (κ3) is 4.39. The molecule has 1 aliphatic heterocycles. The molecule has 0 radical (unpaired) electrons. The fourth-order valence-electron chi connectivity index (χ4n) is 3.92. The Bertz CT molecular complexity index is 1200. The lowest BCUT2D eigenvalue weighted by Crippen LogP contribution is -2.37. The monoisotopic (exact) mass is 451 g/mol. The van der Waals surface area contributed by atoms with E-state index in [0.29, 0.717) is 60.4 Å². The van der Waals surface area contributed by atoms with Crippen molar-refractivity contribution in [1.29, 1.82) is 5.26 Å². The zero-order valence-corrected chi connectivity index (χ0v) is 18.3. The van der Waals surface area contributed by atoms with E-state index in [9.17, 15) is 15.2 Å². The number of nitriles is 1. The average Bonchev–Trinajstić information content (AvgIpc) is 2.82. The number of piperidine rings is 1. The minimum absolute atomic E-state index is 0.326. The molecule has 0 spiro atoms. The van der Waals surface area contributed by atoms with E-state index in [2.05, 4.69) is 26.5 Å². The van der Waals surface area contributed by atoms with Crippen molar-refractivity contribution in [1.82, 2.24) is 10.2 Å². The molecule has 2 aromatic carbocycles. The van der Waals surface area contributed by atoms with Gasteiger partial charge in [-0.25, -0.2) is 0 Å². The van der Waals surface area contributed by atoms with Gasteiger partial charge in [0.2, 0.25) is 0 Å². The number of anilines is 2. The van der Waals surface area contributed by atoms with E-state index < -0.39 is 5.97 Å². The van der Waals surface area contributed by atoms with Gasteiger partial charge in [0.1, 0.15) is 5.75 Å². The Morgan fingerprint density at radius 3 is 2.69 bits per heavy atom. The SMILES string of the molecule is COc1ccc(CNc2nnc(N3CCC(C(=O)O)CC3)c3ccc(C#N)cc23)cc1Cl. The number of rotatable bonds is 6. The number of fused-ring (bicyclic) bond motifs is 1.